The van der Waals surface area contributed by atoms with Crippen molar-refractivity contribution in [2.24, 2.45) is 0 Å². The van der Waals surface area contributed by atoms with Gasteiger partial charge in [-0.15, -0.1) is 6.58 Å². The number of allylic oxidation sites excluding steroid dienone is 1. The van der Waals surface area contributed by atoms with Gasteiger partial charge in [-0.25, -0.2) is 0 Å². The molecule has 0 spiro atoms. The van der Waals surface area contributed by atoms with Crippen molar-refractivity contribution in [1.82, 2.24) is 0 Å². The molecule has 0 aliphatic carbocycles. The molecule has 1 nitrogen and oxygen atoms in total. The van der Waals surface area contributed by atoms with Gasteiger partial charge in [0.15, 0.2) is 0 Å². The first-order chi connectivity index (χ1) is 7.13. The summed E-state index contributed by atoms with van der Waals surface area (Å²) in [5, 5.41) is 3.51. The van der Waals surface area contributed by atoms with Gasteiger partial charge >= 0.3 is 0 Å². The second-order valence-electron chi connectivity index (χ2n) is 3.87. The number of anilines is 1. The molecule has 0 fully saturated rings. The van der Waals surface area contributed by atoms with Gasteiger partial charge in [0.25, 0.3) is 0 Å². The maximum Gasteiger partial charge on any atom is 0.0383 e. The Labute approximate surface area is 101 Å². The molecule has 0 radical (unpaired) electrons. The molecule has 1 atom stereocenters. The van der Waals surface area contributed by atoms with Gasteiger partial charge in [0, 0.05) is 16.2 Å². The molecule has 0 heterocycles. The number of nitrogens with one attached hydrogen (secondary N) is 1. The lowest BCUT2D eigenvalue weighted by Crippen LogP contribution is -2.15. The molecule has 82 valence electrons. The first-order valence-corrected chi connectivity index (χ1v) is 6.06. The number of benzene rings is 1. The highest BCUT2D eigenvalue weighted by atomic mass is 79.9. The zero-order valence-corrected chi connectivity index (χ0v) is 11.0. The van der Waals surface area contributed by atoms with Crippen molar-refractivity contribution in [3.8, 4) is 0 Å². The van der Waals surface area contributed by atoms with Crippen LogP contribution in [0.2, 0.25) is 0 Å². The molecule has 1 unspecified atom stereocenters. The SMILES string of the molecule is C=CCCC(C)Nc1cc(Br)ccc1C. The van der Waals surface area contributed by atoms with E-state index < -0.39 is 0 Å². The van der Waals surface area contributed by atoms with Crippen molar-refractivity contribution >= 4 is 21.6 Å². The molecular formula is C13H18BrN. The molecule has 1 rings (SSSR count). The lowest BCUT2D eigenvalue weighted by atomic mass is 10.1. The van der Waals surface area contributed by atoms with Crippen LogP contribution in [0.3, 0.4) is 0 Å². The highest BCUT2D eigenvalue weighted by Gasteiger charge is 2.03. The van der Waals surface area contributed by atoms with Crippen LogP contribution >= 0.6 is 15.9 Å². The minimum Gasteiger partial charge on any atom is -0.382 e. The van der Waals surface area contributed by atoms with Crippen LogP contribution in [-0.2, 0) is 0 Å². The van der Waals surface area contributed by atoms with Crippen LogP contribution in [0, 0.1) is 6.92 Å². The van der Waals surface area contributed by atoms with E-state index in [1.807, 2.05) is 6.08 Å². The lowest BCUT2D eigenvalue weighted by Gasteiger charge is -2.16. The van der Waals surface area contributed by atoms with Crippen LogP contribution in [0.1, 0.15) is 25.3 Å². The Morgan fingerprint density at radius 2 is 2.27 bits per heavy atom. The molecule has 0 saturated heterocycles. The van der Waals surface area contributed by atoms with E-state index in [1.165, 1.54) is 11.3 Å². The summed E-state index contributed by atoms with van der Waals surface area (Å²) >= 11 is 3.48. The minimum absolute atomic E-state index is 0.482. The van der Waals surface area contributed by atoms with Gasteiger partial charge in [-0.1, -0.05) is 28.1 Å². The van der Waals surface area contributed by atoms with E-state index in [-0.39, 0.29) is 0 Å². The quantitative estimate of drug-likeness (QED) is 0.774. The summed E-state index contributed by atoms with van der Waals surface area (Å²) in [5.74, 6) is 0. The summed E-state index contributed by atoms with van der Waals surface area (Å²) in [4.78, 5) is 0. The maximum absolute atomic E-state index is 3.74. The van der Waals surface area contributed by atoms with E-state index in [0.29, 0.717) is 6.04 Å². The van der Waals surface area contributed by atoms with Crippen molar-refractivity contribution in [1.29, 1.82) is 0 Å². The van der Waals surface area contributed by atoms with Gasteiger partial charge in [0.1, 0.15) is 0 Å². The zero-order valence-electron chi connectivity index (χ0n) is 9.39. The predicted octanol–water partition coefficient (Wildman–Crippen LogP) is 4.52. The van der Waals surface area contributed by atoms with Crippen molar-refractivity contribution in [3.63, 3.8) is 0 Å². The third-order valence-corrected chi connectivity index (χ3v) is 2.90. The van der Waals surface area contributed by atoms with E-state index in [1.54, 1.807) is 0 Å². The topological polar surface area (TPSA) is 12.0 Å². The smallest absolute Gasteiger partial charge is 0.0383 e. The third kappa shape index (κ3) is 4.08. The molecule has 0 amide bonds. The number of halogens is 1. The average molecular weight is 268 g/mol. The largest absolute Gasteiger partial charge is 0.382 e. The van der Waals surface area contributed by atoms with Crippen LogP contribution in [0.15, 0.2) is 35.3 Å². The first-order valence-electron chi connectivity index (χ1n) is 5.27. The Bertz CT molecular complexity index is 333. The third-order valence-electron chi connectivity index (χ3n) is 2.41. The average Bonchev–Trinajstić information content (AvgIpc) is 2.20. The molecular weight excluding hydrogens is 250 g/mol. The summed E-state index contributed by atoms with van der Waals surface area (Å²) in [6, 6.07) is 6.79. The normalized spacial score (nSPS) is 12.2. The zero-order chi connectivity index (χ0) is 11.3. The van der Waals surface area contributed by atoms with Gasteiger partial charge in [0.05, 0.1) is 0 Å². The molecule has 1 aromatic carbocycles. The number of hydrogen-bond acceptors (Lipinski definition) is 1. The van der Waals surface area contributed by atoms with E-state index >= 15 is 0 Å². The molecule has 0 aliphatic heterocycles. The van der Waals surface area contributed by atoms with Gasteiger partial charge in [-0.3, -0.25) is 0 Å². The molecule has 1 aromatic rings. The highest BCUT2D eigenvalue weighted by Crippen LogP contribution is 2.21. The summed E-state index contributed by atoms with van der Waals surface area (Å²) in [6.07, 6.45) is 4.14. The van der Waals surface area contributed by atoms with Crippen LogP contribution in [-0.4, -0.2) is 6.04 Å². The summed E-state index contributed by atoms with van der Waals surface area (Å²) < 4.78 is 1.12. The van der Waals surface area contributed by atoms with Gasteiger partial charge < -0.3 is 5.32 Å². The summed E-state index contributed by atoms with van der Waals surface area (Å²) in [6.45, 7) is 8.05. The highest BCUT2D eigenvalue weighted by molar-refractivity contribution is 9.10. The Hall–Kier alpha value is -0.760. The van der Waals surface area contributed by atoms with E-state index in [9.17, 15) is 0 Å². The number of aryl methyl sites for hydroxylation is 1. The van der Waals surface area contributed by atoms with Crippen LogP contribution < -0.4 is 5.32 Å². The Kier molecular flexibility index (Phi) is 4.89. The molecule has 0 saturated carbocycles. The second-order valence-corrected chi connectivity index (χ2v) is 4.79. The first kappa shape index (κ1) is 12.3. The van der Waals surface area contributed by atoms with Crippen LogP contribution in [0.5, 0.6) is 0 Å². The van der Waals surface area contributed by atoms with Crippen molar-refractivity contribution in [2.45, 2.75) is 32.7 Å². The summed E-state index contributed by atoms with van der Waals surface area (Å²) in [7, 11) is 0. The second kappa shape index (κ2) is 5.96. The molecule has 0 aliphatic rings. The Morgan fingerprint density at radius 1 is 1.53 bits per heavy atom. The fraction of sp³-hybridized carbons (Fsp3) is 0.385. The van der Waals surface area contributed by atoms with Crippen LogP contribution in [0.25, 0.3) is 0 Å². The predicted molar refractivity (Wildman–Crippen MR) is 71.4 cm³/mol. The van der Waals surface area contributed by atoms with Crippen molar-refractivity contribution in [3.05, 3.63) is 40.9 Å². The molecule has 0 aromatic heterocycles. The summed E-state index contributed by atoms with van der Waals surface area (Å²) in [5.41, 5.74) is 2.49. The molecule has 15 heavy (non-hydrogen) atoms. The molecule has 0 bridgehead atoms. The Balaban J connectivity index is 2.62. The fourth-order valence-corrected chi connectivity index (χ4v) is 1.82. The van der Waals surface area contributed by atoms with Gasteiger partial charge in [-0.05, 0) is 44.4 Å². The van der Waals surface area contributed by atoms with E-state index in [2.05, 4.69) is 59.9 Å². The van der Waals surface area contributed by atoms with Crippen LogP contribution in [0.4, 0.5) is 5.69 Å². The fourth-order valence-electron chi connectivity index (χ4n) is 1.46. The van der Waals surface area contributed by atoms with Gasteiger partial charge in [-0.2, -0.15) is 0 Å². The molecule has 2 heteroatoms. The standard InChI is InChI=1S/C13H18BrN/c1-4-5-6-11(3)15-13-9-12(14)8-7-10(13)2/h4,7-9,11,15H,1,5-6H2,2-3H3. The minimum atomic E-state index is 0.482. The van der Waals surface area contributed by atoms with E-state index in [4.69, 9.17) is 0 Å². The maximum atomic E-state index is 3.74. The number of hydrogen-bond donors (Lipinski definition) is 1. The number of rotatable bonds is 5. The van der Waals surface area contributed by atoms with Crippen molar-refractivity contribution < 1.29 is 0 Å². The molecule has 1 N–H and O–H groups in total. The van der Waals surface area contributed by atoms with Gasteiger partial charge in [0.2, 0.25) is 0 Å². The van der Waals surface area contributed by atoms with Crippen molar-refractivity contribution in [2.75, 3.05) is 5.32 Å². The lowest BCUT2D eigenvalue weighted by molar-refractivity contribution is 0.718. The monoisotopic (exact) mass is 267 g/mol. The van der Waals surface area contributed by atoms with E-state index in [0.717, 1.165) is 17.3 Å². The Morgan fingerprint density at radius 3 is 2.93 bits per heavy atom.